The second kappa shape index (κ2) is 12.3. The van der Waals surface area contributed by atoms with E-state index in [1.807, 2.05) is 19.9 Å². The molecule has 0 saturated heterocycles. The number of nitriles is 1. The van der Waals surface area contributed by atoms with Gasteiger partial charge in [-0.25, -0.2) is 0 Å². The van der Waals surface area contributed by atoms with E-state index in [9.17, 15) is 18.5 Å². The Hall–Kier alpha value is -4.00. The van der Waals surface area contributed by atoms with Crippen LogP contribution in [0, 0.1) is 18.3 Å². The minimum atomic E-state index is -4.19. The van der Waals surface area contributed by atoms with Crippen LogP contribution in [0.25, 0.3) is 6.08 Å². The summed E-state index contributed by atoms with van der Waals surface area (Å²) in [6.07, 6.45) is 1.32. The van der Waals surface area contributed by atoms with Crippen molar-refractivity contribution in [2.24, 2.45) is 0 Å². The van der Waals surface area contributed by atoms with Gasteiger partial charge in [0.1, 0.15) is 22.3 Å². The number of hydrogen-bond donors (Lipinski definition) is 1. The van der Waals surface area contributed by atoms with Crippen molar-refractivity contribution in [2.45, 2.75) is 25.7 Å². The molecule has 37 heavy (non-hydrogen) atoms. The largest absolute Gasteiger partial charge is 0.494 e. The summed E-state index contributed by atoms with van der Waals surface area (Å²) < 4.78 is 41.9. The fraction of sp³-hybridized carbons (Fsp3) is 0.185. The molecule has 0 saturated carbocycles. The second-order valence-corrected chi connectivity index (χ2v) is 9.65. The van der Waals surface area contributed by atoms with Crippen LogP contribution in [0.3, 0.4) is 0 Å². The Kier molecular flexibility index (Phi) is 9.17. The maximum Gasteiger partial charge on any atom is 0.339 e. The summed E-state index contributed by atoms with van der Waals surface area (Å²) in [4.78, 5) is 12.6. The Balaban J connectivity index is 1.89. The van der Waals surface area contributed by atoms with E-state index in [2.05, 4.69) is 5.32 Å². The number of anilines is 1. The zero-order valence-electron chi connectivity index (χ0n) is 20.4. The highest BCUT2D eigenvalue weighted by Crippen LogP contribution is 2.39. The number of carbonyl (C=O) groups is 1. The highest BCUT2D eigenvalue weighted by Gasteiger charge is 2.22. The van der Waals surface area contributed by atoms with Crippen molar-refractivity contribution in [3.63, 3.8) is 0 Å². The Morgan fingerprint density at radius 2 is 1.68 bits per heavy atom. The molecule has 3 rings (SSSR count). The highest BCUT2D eigenvalue weighted by molar-refractivity contribution is 7.87. The molecule has 3 aromatic carbocycles. The van der Waals surface area contributed by atoms with Gasteiger partial charge in [-0.3, -0.25) is 4.79 Å². The van der Waals surface area contributed by atoms with Gasteiger partial charge < -0.3 is 19.0 Å². The number of benzene rings is 3. The molecule has 0 heterocycles. The fourth-order valence-corrected chi connectivity index (χ4v) is 4.45. The zero-order chi connectivity index (χ0) is 27.0. The second-order valence-electron chi connectivity index (χ2n) is 7.69. The maximum absolute atomic E-state index is 12.8. The van der Waals surface area contributed by atoms with Crippen molar-refractivity contribution in [2.75, 3.05) is 18.5 Å². The predicted octanol–water partition coefficient (Wildman–Crippen LogP) is 5.76. The Morgan fingerprint density at radius 3 is 2.27 bits per heavy atom. The van der Waals surface area contributed by atoms with Gasteiger partial charge in [-0.1, -0.05) is 29.3 Å². The van der Waals surface area contributed by atoms with Gasteiger partial charge in [0.2, 0.25) is 5.75 Å². The first-order valence-electron chi connectivity index (χ1n) is 11.3. The van der Waals surface area contributed by atoms with E-state index in [1.165, 1.54) is 30.3 Å². The maximum atomic E-state index is 12.8. The van der Waals surface area contributed by atoms with Gasteiger partial charge in [-0.15, -0.1) is 0 Å². The molecule has 0 radical (unpaired) electrons. The number of carbonyl (C=O) groups excluding carboxylic acids is 1. The summed E-state index contributed by atoms with van der Waals surface area (Å²) in [6, 6.07) is 17.6. The van der Waals surface area contributed by atoms with Crippen LogP contribution >= 0.6 is 11.6 Å². The number of halogens is 1. The quantitative estimate of drug-likeness (QED) is 0.197. The minimum Gasteiger partial charge on any atom is -0.494 e. The summed E-state index contributed by atoms with van der Waals surface area (Å²) in [5, 5.41) is 12.2. The van der Waals surface area contributed by atoms with Gasteiger partial charge in [-0.2, -0.15) is 13.7 Å². The third-order valence-electron chi connectivity index (χ3n) is 4.93. The van der Waals surface area contributed by atoms with Crippen LogP contribution in [0.2, 0.25) is 5.02 Å². The number of aryl methyl sites for hydroxylation is 1. The van der Waals surface area contributed by atoms with Gasteiger partial charge in [0.15, 0.2) is 5.75 Å². The number of ether oxygens (including phenoxy) is 2. The van der Waals surface area contributed by atoms with E-state index in [-0.39, 0.29) is 33.6 Å². The molecule has 8 nitrogen and oxygen atoms in total. The van der Waals surface area contributed by atoms with Gasteiger partial charge in [0, 0.05) is 5.69 Å². The third kappa shape index (κ3) is 7.26. The minimum absolute atomic E-state index is 0.0427. The Labute approximate surface area is 221 Å². The number of amides is 1. The van der Waals surface area contributed by atoms with Gasteiger partial charge in [0.05, 0.1) is 18.2 Å². The van der Waals surface area contributed by atoms with E-state index in [4.69, 9.17) is 25.3 Å². The number of nitrogens with zero attached hydrogens (tertiary/aromatic N) is 1. The third-order valence-corrected chi connectivity index (χ3v) is 6.45. The summed E-state index contributed by atoms with van der Waals surface area (Å²) >= 11 is 6.37. The first-order chi connectivity index (χ1) is 17.7. The van der Waals surface area contributed by atoms with E-state index >= 15 is 0 Å². The smallest absolute Gasteiger partial charge is 0.339 e. The highest BCUT2D eigenvalue weighted by atomic mass is 35.5. The Bertz CT molecular complexity index is 1440. The first-order valence-corrected chi connectivity index (χ1v) is 13.1. The van der Waals surface area contributed by atoms with Crippen LogP contribution in [0.15, 0.2) is 71.1 Å². The zero-order valence-corrected chi connectivity index (χ0v) is 22.0. The van der Waals surface area contributed by atoms with Gasteiger partial charge in [0.25, 0.3) is 5.91 Å². The van der Waals surface area contributed by atoms with E-state index < -0.39 is 16.0 Å². The van der Waals surface area contributed by atoms with Crippen LogP contribution in [0.1, 0.15) is 25.0 Å². The molecule has 192 valence electrons. The van der Waals surface area contributed by atoms with Crippen molar-refractivity contribution < 1.29 is 26.9 Å². The SMILES string of the molecule is CCOc1ccc(NC(=O)/C(C#N)=C/c2cc(Cl)c(OS(=O)(=O)c3ccc(C)cc3)c(OCC)c2)cc1. The van der Waals surface area contributed by atoms with E-state index in [0.717, 1.165) is 5.56 Å². The van der Waals surface area contributed by atoms with Crippen LogP contribution in [0.5, 0.6) is 17.2 Å². The molecule has 1 amide bonds. The summed E-state index contributed by atoms with van der Waals surface area (Å²) in [5.74, 6) is -0.135. The lowest BCUT2D eigenvalue weighted by molar-refractivity contribution is -0.112. The lowest BCUT2D eigenvalue weighted by Crippen LogP contribution is -2.13. The first kappa shape index (κ1) is 27.6. The fourth-order valence-electron chi connectivity index (χ4n) is 3.19. The summed E-state index contributed by atoms with van der Waals surface area (Å²) in [6.45, 7) is 6.11. The molecular weight excluding hydrogens is 516 g/mol. The number of nitrogens with one attached hydrogen (secondary N) is 1. The van der Waals surface area contributed by atoms with E-state index in [0.29, 0.717) is 23.6 Å². The van der Waals surface area contributed by atoms with Crippen LogP contribution in [-0.4, -0.2) is 27.5 Å². The summed E-state index contributed by atoms with van der Waals surface area (Å²) in [7, 11) is -4.19. The van der Waals surface area contributed by atoms with Crippen LogP contribution in [-0.2, 0) is 14.9 Å². The molecule has 10 heteroatoms. The monoisotopic (exact) mass is 540 g/mol. The normalized spacial score (nSPS) is 11.4. The Morgan fingerprint density at radius 1 is 1.03 bits per heavy atom. The molecule has 0 unspecified atom stereocenters. The van der Waals surface area contributed by atoms with Crippen molar-refractivity contribution in [1.29, 1.82) is 5.26 Å². The average molecular weight is 541 g/mol. The van der Waals surface area contributed by atoms with Gasteiger partial charge >= 0.3 is 10.1 Å². The molecular formula is C27H25ClN2O6S. The van der Waals surface area contributed by atoms with Crippen molar-refractivity contribution in [1.82, 2.24) is 0 Å². The van der Waals surface area contributed by atoms with E-state index in [1.54, 1.807) is 43.3 Å². The number of rotatable bonds is 10. The van der Waals surface area contributed by atoms with Crippen molar-refractivity contribution >= 4 is 39.4 Å². The molecule has 0 atom stereocenters. The lowest BCUT2D eigenvalue weighted by atomic mass is 10.1. The van der Waals surface area contributed by atoms with Crippen LogP contribution in [0.4, 0.5) is 5.69 Å². The van der Waals surface area contributed by atoms with Gasteiger partial charge in [-0.05, 0) is 80.9 Å². The standard InChI is InChI=1S/C27H25ClN2O6S/c1-4-34-22-10-8-21(9-11-22)30-27(31)20(17-29)14-19-15-24(28)26(25(16-19)35-5-2)36-37(32,33)23-12-6-18(3)7-13-23/h6-16H,4-5H2,1-3H3,(H,30,31)/b20-14+. The molecule has 0 bridgehead atoms. The molecule has 0 fully saturated rings. The molecule has 0 aromatic heterocycles. The molecule has 0 spiro atoms. The predicted molar refractivity (Wildman–Crippen MR) is 141 cm³/mol. The molecule has 0 aliphatic carbocycles. The average Bonchev–Trinajstić information content (AvgIpc) is 2.86. The summed E-state index contributed by atoms with van der Waals surface area (Å²) in [5.41, 5.74) is 1.51. The molecule has 0 aliphatic heterocycles. The lowest BCUT2D eigenvalue weighted by Gasteiger charge is -2.14. The van der Waals surface area contributed by atoms with Crippen LogP contribution < -0.4 is 19.0 Å². The molecule has 0 aliphatic rings. The molecule has 1 N–H and O–H groups in total. The topological polar surface area (TPSA) is 115 Å². The van der Waals surface area contributed by atoms with Crippen molar-refractivity contribution in [3.8, 4) is 23.3 Å². The number of hydrogen-bond acceptors (Lipinski definition) is 7. The van der Waals surface area contributed by atoms with Crippen molar-refractivity contribution in [3.05, 3.63) is 82.4 Å². The molecule has 3 aromatic rings.